The Morgan fingerprint density at radius 3 is 2.70 bits per heavy atom. The number of benzene rings is 1. The van der Waals surface area contributed by atoms with Crippen LogP contribution in [0.5, 0.6) is 0 Å². The second kappa shape index (κ2) is 5.90. The van der Waals surface area contributed by atoms with Gasteiger partial charge in [0.25, 0.3) is 0 Å². The number of sulfonamides is 1. The first-order valence-corrected chi connectivity index (χ1v) is 11.3. The summed E-state index contributed by atoms with van der Waals surface area (Å²) in [6, 6.07) is 8.50. The number of rotatable bonds is 3. The Bertz CT molecular complexity index is 976. The molecule has 6 nitrogen and oxygen atoms in total. The first-order chi connectivity index (χ1) is 13.0. The molecule has 3 heterocycles. The molecule has 2 fully saturated rings. The molecule has 0 unspecified atom stereocenters. The molecule has 2 aromatic rings. The summed E-state index contributed by atoms with van der Waals surface area (Å²) in [5.41, 5.74) is 3.45. The lowest BCUT2D eigenvalue weighted by Crippen LogP contribution is -2.59. The molecule has 0 bridgehead atoms. The molecule has 1 saturated heterocycles. The molecule has 144 valence electrons. The maximum absolute atomic E-state index is 12.1. The third kappa shape index (κ3) is 2.38. The summed E-state index contributed by atoms with van der Waals surface area (Å²) in [7, 11) is -3.14. The molecule has 1 spiro atoms. The van der Waals surface area contributed by atoms with E-state index in [1.807, 2.05) is 18.6 Å². The van der Waals surface area contributed by atoms with Gasteiger partial charge in [-0.1, -0.05) is 24.3 Å². The Kier molecular flexibility index (Phi) is 3.80. The predicted octanol–water partition coefficient (Wildman–Crippen LogP) is 2.27. The van der Waals surface area contributed by atoms with Gasteiger partial charge in [-0.25, -0.2) is 17.7 Å². The predicted molar refractivity (Wildman–Crippen MR) is 103 cm³/mol. The van der Waals surface area contributed by atoms with Crippen LogP contribution in [0.4, 0.5) is 0 Å². The first-order valence-electron chi connectivity index (χ1n) is 9.74. The third-order valence-corrected chi connectivity index (χ3v) is 8.96. The SMILES string of the molecule is CCS(=O)(=O)N1CCC2(CC1)C[C@@H]([C@H]1c3ccccc3-c3cncn31)[C@H]2O. The van der Waals surface area contributed by atoms with Gasteiger partial charge in [0.2, 0.25) is 10.0 Å². The van der Waals surface area contributed by atoms with Gasteiger partial charge in [-0.2, -0.15) is 0 Å². The van der Waals surface area contributed by atoms with E-state index in [0.29, 0.717) is 13.1 Å². The van der Waals surface area contributed by atoms with Crippen molar-refractivity contribution in [1.82, 2.24) is 13.9 Å². The summed E-state index contributed by atoms with van der Waals surface area (Å²) in [6.07, 6.45) is 5.78. The molecular weight excluding hydrogens is 362 g/mol. The van der Waals surface area contributed by atoms with Crippen LogP contribution in [-0.2, 0) is 10.0 Å². The van der Waals surface area contributed by atoms with Gasteiger partial charge in [-0.15, -0.1) is 0 Å². The second-order valence-electron chi connectivity index (χ2n) is 8.19. The highest BCUT2D eigenvalue weighted by Crippen LogP contribution is 2.59. The average molecular weight is 388 g/mol. The Labute approximate surface area is 159 Å². The Balaban J connectivity index is 1.37. The zero-order valence-corrected chi connectivity index (χ0v) is 16.3. The number of imidazole rings is 1. The second-order valence-corrected chi connectivity index (χ2v) is 10.5. The summed E-state index contributed by atoms with van der Waals surface area (Å²) in [5.74, 6) is 0.295. The van der Waals surface area contributed by atoms with Gasteiger partial charge < -0.3 is 9.67 Å². The van der Waals surface area contributed by atoms with E-state index in [4.69, 9.17) is 0 Å². The number of fused-ring (bicyclic) bond motifs is 3. The van der Waals surface area contributed by atoms with Crippen molar-refractivity contribution in [1.29, 1.82) is 0 Å². The molecule has 1 aromatic heterocycles. The fourth-order valence-corrected chi connectivity index (χ4v) is 6.59. The minimum Gasteiger partial charge on any atom is -0.392 e. The zero-order valence-electron chi connectivity index (χ0n) is 15.5. The number of piperidine rings is 1. The summed E-state index contributed by atoms with van der Waals surface area (Å²) < 4.78 is 28.0. The van der Waals surface area contributed by atoms with Crippen molar-refractivity contribution in [2.24, 2.45) is 11.3 Å². The van der Waals surface area contributed by atoms with Crippen molar-refractivity contribution in [2.45, 2.75) is 38.3 Å². The summed E-state index contributed by atoms with van der Waals surface area (Å²) in [5, 5.41) is 11.2. The number of nitrogens with zero attached hydrogens (tertiary/aromatic N) is 3. The fraction of sp³-hybridized carbons (Fsp3) is 0.550. The third-order valence-electron chi connectivity index (χ3n) is 7.08. The summed E-state index contributed by atoms with van der Waals surface area (Å²) in [6.45, 7) is 2.74. The Morgan fingerprint density at radius 2 is 2.00 bits per heavy atom. The molecule has 5 rings (SSSR count). The van der Waals surface area contributed by atoms with Gasteiger partial charge in [0.1, 0.15) is 0 Å². The molecule has 0 radical (unpaired) electrons. The van der Waals surface area contributed by atoms with Crippen LogP contribution in [0.3, 0.4) is 0 Å². The highest BCUT2D eigenvalue weighted by molar-refractivity contribution is 7.89. The topological polar surface area (TPSA) is 75.4 Å². The van der Waals surface area contributed by atoms with E-state index in [9.17, 15) is 13.5 Å². The standard InChI is InChI=1S/C20H25N3O3S/c1-2-27(25,26)22-9-7-20(8-10-22)11-16(19(20)24)18-15-6-4-3-5-14(15)17-12-21-13-23(17)18/h3-6,12-13,16,18-19,24H,2,7-11H2,1H3/t16-,18+,19+/m0/s1. The normalized spacial score (nSPS) is 29.3. The first kappa shape index (κ1) is 17.4. The fourth-order valence-electron chi connectivity index (χ4n) is 5.48. The molecule has 27 heavy (non-hydrogen) atoms. The highest BCUT2D eigenvalue weighted by Gasteiger charge is 2.58. The van der Waals surface area contributed by atoms with E-state index in [2.05, 4.69) is 27.8 Å². The van der Waals surface area contributed by atoms with Crippen LogP contribution < -0.4 is 0 Å². The van der Waals surface area contributed by atoms with E-state index in [0.717, 1.165) is 25.0 Å². The molecule has 3 aliphatic rings. The molecule has 2 aliphatic heterocycles. The minimum atomic E-state index is -3.14. The number of aliphatic hydroxyl groups excluding tert-OH is 1. The van der Waals surface area contributed by atoms with Crippen LogP contribution in [-0.4, -0.2) is 52.3 Å². The highest BCUT2D eigenvalue weighted by atomic mass is 32.2. The van der Waals surface area contributed by atoms with Crippen LogP contribution in [0.15, 0.2) is 36.8 Å². The van der Waals surface area contributed by atoms with Gasteiger partial charge in [0.05, 0.1) is 36.1 Å². The van der Waals surface area contributed by atoms with Crippen LogP contribution >= 0.6 is 0 Å². The molecule has 1 saturated carbocycles. The largest absolute Gasteiger partial charge is 0.392 e. The lowest BCUT2D eigenvalue weighted by molar-refractivity contribution is -0.152. The van der Waals surface area contributed by atoms with Crippen molar-refractivity contribution >= 4 is 10.0 Å². The molecule has 1 N–H and O–H groups in total. The van der Waals surface area contributed by atoms with Crippen molar-refractivity contribution in [3.63, 3.8) is 0 Å². The molecule has 3 atom stereocenters. The van der Waals surface area contributed by atoms with Crippen LogP contribution in [0.1, 0.15) is 37.8 Å². The van der Waals surface area contributed by atoms with Crippen LogP contribution in [0, 0.1) is 11.3 Å². The smallest absolute Gasteiger partial charge is 0.213 e. The number of hydrogen-bond acceptors (Lipinski definition) is 4. The molecular formula is C20H25N3O3S. The Hall–Kier alpha value is -1.70. The van der Waals surface area contributed by atoms with Crippen molar-refractivity contribution in [3.05, 3.63) is 42.4 Å². The summed E-state index contributed by atoms with van der Waals surface area (Å²) in [4.78, 5) is 4.32. The van der Waals surface area contributed by atoms with E-state index < -0.39 is 16.1 Å². The number of aromatic nitrogens is 2. The van der Waals surface area contributed by atoms with E-state index in [1.54, 1.807) is 11.2 Å². The summed E-state index contributed by atoms with van der Waals surface area (Å²) >= 11 is 0. The molecule has 7 heteroatoms. The van der Waals surface area contributed by atoms with Gasteiger partial charge in [-0.3, -0.25) is 0 Å². The van der Waals surface area contributed by atoms with Crippen molar-refractivity contribution in [3.8, 4) is 11.3 Å². The number of aliphatic hydroxyl groups is 1. The van der Waals surface area contributed by atoms with Gasteiger partial charge >= 0.3 is 0 Å². The lowest BCUT2D eigenvalue weighted by Gasteiger charge is -2.57. The van der Waals surface area contributed by atoms with E-state index in [-0.39, 0.29) is 23.1 Å². The van der Waals surface area contributed by atoms with Crippen molar-refractivity contribution in [2.75, 3.05) is 18.8 Å². The molecule has 1 aliphatic carbocycles. The Morgan fingerprint density at radius 1 is 1.26 bits per heavy atom. The minimum absolute atomic E-state index is 0.122. The molecule has 0 amide bonds. The maximum Gasteiger partial charge on any atom is 0.213 e. The van der Waals surface area contributed by atoms with E-state index >= 15 is 0 Å². The van der Waals surface area contributed by atoms with Crippen LogP contribution in [0.25, 0.3) is 11.3 Å². The lowest BCUT2D eigenvalue weighted by atomic mass is 9.53. The van der Waals surface area contributed by atoms with Gasteiger partial charge in [0.15, 0.2) is 0 Å². The van der Waals surface area contributed by atoms with Crippen molar-refractivity contribution < 1.29 is 13.5 Å². The van der Waals surface area contributed by atoms with E-state index in [1.165, 1.54) is 11.1 Å². The van der Waals surface area contributed by atoms with Gasteiger partial charge in [-0.05, 0) is 37.2 Å². The van der Waals surface area contributed by atoms with Crippen LogP contribution in [0.2, 0.25) is 0 Å². The average Bonchev–Trinajstić information content (AvgIpc) is 3.27. The zero-order chi connectivity index (χ0) is 18.8. The monoisotopic (exact) mass is 387 g/mol. The maximum atomic E-state index is 12.1. The van der Waals surface area contributed by atoms with Gasteiger partial charge in [0, 0.05) is 24.6 Å². The quantitative estimate of drug-likeness (QED) is 0.877. The number of hydrogen-bond donors (Lipinski definition) is 1. The molecule has 1 aromatic carbocycles.